The van der Waals surface area contributed by atoms with Crippen LogP contribution in [0.25, 0.3) is 0 Å². The molecule has 0 aromatic rings. The first-order chi connectivity index (χ1) is 20.2. The Labute approximate surface area is 271 Å². The molecule has 8 nitrogen and oxygen atoms in total. The highest BCUT2D eigenvalue weighted by molar-refractivity contribution is 5.94. The molecule has 258 valence electrons. The standard InChI is InChI=1S/C34H68NO7.ClH/c1-6-7-8-9-10-11-12-13-14-15-16-17-18-19-20-21-23-40-30-33(42-34(37)29-32(2)36)31-41-28-27-39-26-25-38-24-22-35(3,4)5;/h33H,6-31H2,1-5H3;1H/q+1;/p-1. The number of hydrogen-bond donors (Lipinski definition) is 0. The van der Waals surface area contributed by atoms with E-state index in [1.165, 1.54) is 96.8 Å². The molecule has 0 amide bonds. The summed E-state index contributed by atoms with van der Waals surface area (Å²) in [4.78, 5) is 23.2. The maximum Gasteiger partial charge on any atom is 0.313 e. The molecule has 0 N–H and O–H groups in total. The molecule has 1 atom stereocenters. The SMILES string of the molecule is CCCCCCCCCCCCCCCCCCOCC(COCCOCCOCC[N+](C)(C)C)OC(=O)CC(C)=O.[Cl-]. The zero-order valence-electron chi connectivity index (χ0n) is 28.6. The van der Waals surface area contributed by atoms with Crippen LogP contribution in [0.3, 0.4) is 0 Å². The Morgan fingerprint density at radius 1 is 0.558 bits per heavy atom. The van der Waals surface area contributed by atoms with Crippen molar-refractivity contribution in [3.8, 4) is 0 Å². The van der Waals surface area contributed by atoms with Crippen LogP contribution in [0.5, 0.6) is 0 Å². The molecule has 0 heterocycles. The predicted octanol–water partition coefficient (Wildman–Crippen LogP) is 3.92. The highest BCUT2D eigenvalue weighted by Gasteiger charge is 2.16. The first-order valence-electron chi connectivity index (χ1n) is 17.0. The lowest BCUT2D eigenvalue weighted by Crippen LogP contribution is -3.00. The van der Waals surface area contributed by atoms with Crippen molar-refractivity contribution >= 4 is 11.8 Å². The van der Waals surface area contributed by atoms with Crippen LogP contribution >= 0.6 is 0 Å². The van der Waals surface area contributed by atoms with Crippen LogP contribution in [0.1, 0.15) is 123 Å². The third-order valence-corrected chi connectivity index (χ3v) is 7.09. The number of quaternary nitrogens is 1. The van der Waals surface area contributed by atoms with Crippen molar-refractivity contribution in [2.24, 2.45) is 0 Å². The Balaban J connectivity index is 0. The molecule has 0 saturated carbocycles. The first-order valence-corrected chi connectivity index (χ1v) is 17.0. The summed E-state index contributed by atoms with van der Waals surface area (Å²) >= 11 is 0. The van der Waals surface area contributed by atoms with Crippen LogP contribution < -0.4 is 12.4 Å². The van der Waals surface area contributed by atoms with Gasteiger partial charge >= 0.3 is 5.97 Å². The van der Waals surface area contributed by atoms with Gasteiger partial charge in [0.25, 0.3) is 0 Å². The molecule has 0 spiro atoms. The zero-order chi connectivity index (χ0) is 31.2. The minimum Gasteiger partial charge on any atom is -1.00 e. The second-order valence-electron chi connectivity index (χ2n) is 12.7. The number of esters is 1. The summed E-state index contributed by atoms with van der Waals surface area (Å²) in [5.41, 5.74) is 0. The van der Waals surface area contributed by atoms with Crippen LogP contribution in [0.2, 0.25) is 0 Å². The molecule has 0 radical (unpaired) electrons. The molecule has 0 aliphatic heterocycles. The topological polar surface area (TPSA) is 80.3 Å². The van der Waals surface area contributed by atoms with Crippen molar-refractivity contribution in [1.29, 1.82) is 0 Å². The molecule has 0 aliphatic rings. The monoisotopic (exact) mass is 637 g/mol. The van der Waals surface area contributed by atoms with Gasteiger partial charge in [-0.2, -0.15) is 0 Å². The molecule has 9 heteroatoms. The summed E-state index contributed by atoms with van der Waals surface area (Å²) in [7, 11) is 6.40. The average molecular weight is 638 g/mol. The van der Waals surface area contributed by atoms with Gasteiger partial charge in [0.1, 0.15) is 24.9 Å². The van der Waals surface area contributed by atoms with Crippen LogP contribution in [0.15, 0.2) is 0 Å². The number of halogens is 1. The lowest BCUT2D eigenvalue weighted by atomic mass is 10.0. The van der Waals surface area contributed by atoms with Gasteiger partial charge in [-0.15, -0.1) is 0 Å². The third-order valence-electron chi connectivity index (χ3n) is 7.09. The maximum atomic E-state index is 12.0. The lowest BCUT2D eigenvalue weighted by Gasteiger charge is -2.23. The van der Waals surface area contributed by atoms with Gasteiger partial charge < -0.3 is 40.6 Å². The lowest BCUT2D eigenvalue weighted by molar-refractivity contribution is -0.870. The fourth-order valence-corrected chi connectivity index (χ4v) is 4.51. The third kappa shape index (κ3) is 37.3. The van der Waals surface area contributed by atoms with Crippen LogP contribution in [0, 0.1) is 0 Å². The minimum atomic E-state index is -0.538. The van der Waals surface area contributed by atoms with Crippen LogP contribution in [0.4, 0.5) is 0 Å². The number of carbonyl (C=O) groups excluding carboxylic acids is 2. The van der Waals surface area contributed by atoms with Crippen LogP contribution in [-0.2, 0) is 33.3 Å². The van der Waals surface area contributed by atoms with Crippen molar-refractivity contribution in [2.75, 3.05) is 80.5 Å². The number of unbranched alkanes of at least 4 members (excludes halogenated alkanes) is 15. The summed E-state index contributed by atoms with van der Waals surface area (Å²) < 4.78 is 28.8. The van der Waals surface area contributed by atoms with Crippen molar-refractivity contribution < 1.29 is 50.2 Å². The number of ketones is 1. The van der Waals surface area contributed by atoms with Gasteiger partial charge in [-0.05, 0) is 13.3 Å². The van der Waals surface area contributed by atoms with Gasteiger partial charge in [-0.25, -0.2) is 0 Å². The Bertz CT molecular complexity index is 616. The molecule has 0 bridgehead atoms. The minimum absolute atomic E-state index is 0. The van der Waals surface area contributed by atoms with E-state index in [9.17, 15) is 9.59 Å². The van der Waals surface area contributed by atoms with E-state index in [-0.39, 0.29) is 37.8 Å². The molecule has 0 rings (SSSR count). The van der Waals surface area contributed by atoms with Crippen molar-refractivity contribution in [1.82, 2.24) is 0 Å². The smallest absolute Gasteiger partial charge is 0.313 e. The van der Waals surface area contributed by atoms with Crippen molar-refractivity contribution in [2.45, 2.75) is 129 Å². The van der Waals surface area contributed by atoms with Gasteiger partial charge in [0, 0.05) is 6.61 Å². The van der Waals surface area contributed by atoms with Gasteiger partial charge in [-0.1, -0.05) is 103 Å². The largest absolute Gasteiger partial charge is 1.00 e. The predicted molar refractivity (Wildman–Crippen MR) is 171 cm³/mol. The summed E-state index contributed by atoms with van der Waals surface area (Å²) in [6.45, 7) is 8.32. The summed E-state index contributed by atoms with van der Waals surface area (Å²) in [6.07, 6.45) is 20.6. The highest BCUT2D eigenvalue weighted by Crippen LogP contribution is 2.14. The normalized spacial score (nSPS) is 12.2. The Morgan fingerprint density at radius 2 is 0.953 bits per heavy atom. The summed E-state index contributed by atoms with van der Waals surface area (Å²) in [6, 6.07) is 0. The molecule has 1 unspecified atom stereocenters. The fraction of sp³-hybridized carbons (Fsp3) is 0.941. The number of rotatable bonds is 33. The van der Waals surface area contributed by atoms with Crippen molar-refractivity contribution in [3.05, 3.63) is 0 Å². The molecule has 43 heavy (non-hydrogen) atoms. The van der Waals surface area contributed by atoms with E-state index in [4.69, 9.17) is 23.7 Å². The second kappa shape index (κ2) is 32.6. The van der Waals surface area contributed by atoms with E-state index in [0.29, 0.717) is 39.6 Å². The summed E-state index contributed by atoms with van der Waals surface area (Å²) in [5, 5.41) is 0. The molecular formula is C34H68ClNO7. The number of ether oxygens (including phenoxy) is 5. The van der Waals surface area contributed by atoms with Gasteiger partial charge in [0.15, 0.2) is 0 Å². The van der Waals surface area contributed by atoms with E-state index in [1.807, 2.05) is 0 Å². The van der Waals surface area contributed by atoms with E-state index >= 15 is 0 Å². The second-order valence-corrected chi connectivity index (χ2v) is 12.7. The van der Waals surface area contributed by atoms with Crippen LogP contribution in [-0.4, -0.2) is 103 Å². The van der Waals surface area contributed by atoms with Gasteiger partial charge in [0.2, 0.25) is 0 Å². The first kappa shape index (κ1) is 44.4. The van der Waals surface area contributed by atoms with E-state index < -0.39 is 12.1 Å². The fourth-order valence-electron chi connectivity index (χ4n) is 4.51. The summed E-state index contributed by atoms with van der Waals surface area (Å²) in [5.74, 6) is -0.754. The Kier molecular flexibility index (Phi) is 33.6. The zero-order valence-corrected chi connectivity index (χ0v) is 29.4. The quantitative estimate of drug-likeness (QED) is 0.0467. The maximum absolute atomic E-state index is 12.0. The number of Topliss-reactive ketones (excluding diaryl/α,β-unsaturated/α-hetero) is 1. The molecule has 0 aromatic heterocycles. The number of hydrogen-bond acceptors (Lipinski definition) is 7. The average Bonchev–Trinajstić information content (AvgIpc) is 2.92. The molecule has 0 saturated heterocycles. The molecule has 0 fully saturated rings. The number of nitrogens with zero attached hydrogens (tertiary/aromatic N) is 1. The molecule has 0 aromatic carbocycles. The Morgan fingerprint density at radius 3 is 1.40 bits per heavy atom. The Hall–Kier alpha value is -0.770. The molecule has 0 aliphatic carbocycles. The molecular weight excluding hydrogens is 570 g/mol. The van der Waals surface area contributed by atoms with E-state index in [1.54, 1.807) is 0 Å². The highest BCUT2D eigenvalue weighted by atomic mass is 35.5. The van der Waals surface area contributed by atoms with Gasteiger partial charge in [0.05, 0.1) is 67.4 Å². The van der Waals surface area contributed by atoms with E-state index in [2.05, 4.69) is 28.1 Å². The number of carbonyl (C=O) groups is 2. The van der Waals surface area contributed by atoms with Crippen molar-refractivity contribution in [3.63, 3.8) is 0 Å². The van der Waals surface area contributed by atoms with Gasteiger partial charge in [-0.3, -0.25) is 9.59 Å². The van der Waals surface area contributed by atoms with E-state index in [0.717, 1.165) is 23.9 Å². The number of likely N-dealkylation sites (N-methyl/N-ethyl adjacent to an activating group) is 1.